The van der Waals surface area contributed by atoms with Crippen molar-refractivity contribution in [1.82, 2.24) is 0 Å². The molecule has 0 aliphatic carbocycles. The van der Waals surface area contributed by atoms with Gasteiger partial charge >= 0.3 is 0 Å². The molecule has 18 heavy (non-hydrogen) atoms. The van der Waals surface area contributed by atoms with Gasteiger partial charge in [0.05, 0.1) is 0 Å². The second kappa shape index (κ2) is 5.85. The van der Waals surface area contributed by atoms with Crippen molar-refractivity contribution in [3.05, 3.63) is 70.0 Å². The normalized spacial score (nSPS) is 12.4. The standard InChI is InChI=1S/C15H13BrClF/c1-10-8-11(6-7-15(10)18)13(16)9-12-4-2-3-5-14(12)17/h2-8,13H,9H2,1H3. The zero-order chi connectivity index (χ0) is 13.1. The van der Waals surface area contributed by atoms with Crippen LogP contribution in [0.5, 0.6) is 0 Å². The van der Waals surface area contributed by atoms with Crippen LogP contribution in [0.15, 0.2) is 42.5 Å². The topological polar surface area (TPSA) is 0 Å². The smallest absolute Gasteiger partial charge is 0.126 e. The molecule has 3 heteroatoms. The minimum Gasteiger partial charge on any atom is -0.207 e. The number of halogens is 3. The average molecular weight is 328 g/mol. The van der Waals surface area contributed by atoms with Crippen LogP contribution < -0.4 is 0 Å². The van der Waals surface area contributed by atoms with E-state index in [-0.39, 0.29) is 10.6 Å². The van der Waals surface area contributed by atoms with Crippen LogP contribution in [0, 0.1) is 12.7 Å². The average Bonchev–Trinajstić information content (AvgIpc) is 2.35. The van der Waals surface area contributed by atoms with Crippen molar-refractivity contribution >= 4 is 27.5 Å². The van der Waals surface area contributed by atoms with Crippen LogP contribution in [0.2, 0.25) is 5.02 Å². The van der Waals surface area contributed by atoms with E-state index < -0.39 is 0 Å². The lowest BCUT2D eigenvalue weighted by Gasteiger charge is -2.12. The van der Waals surface area contributed by atoms with Gasteiger partial charge in [0.25, 0.3) is 0 Å². The van der Waals surface area contributed by atoms with E-state index in [1.807, 2.05) is 30.3 Å². The summed E-state index contributed by atoms with van der Waals surface area (Å²) in [4.78, 5) is 0.136. The number of aryl methyl sites for hydroxylation is 1. The highest BCUT2D eigenvalue weighted by molar-refractivity contribution is 9.09. The predicted octanol–water partition coefficient (Wildman–Crippen LogP) is 5.47. The van der Waals surface area contributed by atoms with Crippen molar-refractivity contribution in [2.75, 3.05) is 0 Å². The number of rotatable bonds is 3. The van der Waals surface area contributed by atoms with Crippen molar-refractivity contribution in [1.29, 1.82) is 0 Å². The highest BCUT2D eigenvalue weighted by Gasteiger charge is 2.11. The summed E-state index contributed by atoms with van der Waals surface area (Å²) >= 11 is 9.77. The van der Waals surface area contributed by atoms with Gasteiger partial charge in [-0.15, -0.1) is 0 Å². The van der Waals surface area contributed by atoms with E-state index >= 15 is 0 Å². The number of hydrogen-bond donors (Lipinski definition) is 0. The molecule has 0 spiro atoms. The molecule has 1 unspecified atom stereocenters. The van der Waals surface area contributed by atoms with Crippen LogP contribution in [-0.2, 0) is 6.42 Å². The van der Waals surface area contributed by atoms with E-state index in [0.717, 1.165) is 22.6 Å². The molecular formula is C15H13BrClF. The van der Waals surface area contributed by atoms with Gasteiger partial charge in [0.2, 0.25) is 0 Å². The van der Waals surface area contributed by atoms with Gasteiger partial charge in [0, 0.05) is 9.85 Å². The Balaban J connectivity index is 2.19. The third-order valence-electron chi connectivity index (χ3n) is 2.90. The summed E-state index contributed by atoms with van der Waals surface area (Å²) in [5.41, 5.74) is 2.81. The molecule has 0 aromatic heterocycles. The maximum absolute atomic E-state index is 13.2. The Labute approximate surface area is 120 Å². The van der Waals surface area contributed by atoms with Crippen molar-refractivity contribution < 1.29 is 4.39 Å². The first-order valence-electron chi connectivity index (χ1n) is 5.71. The highest BCUT2D eigenvalue weighted by Crippen LogP contribution is 2.30. The largest absolute Gasteiger partial charge is 0.207 e. The minimum atomic E-state index is -0.170. The molecule has 2 rings (SSSR count). The molecule has 0 saturated heterocycles. The molecule has 0 fully saturated rings. The summed E-state index contributed by atoms with van der Waals surface area (Å²) in [5, 5.41) is 0.765. The lowest BCUT2D eigenvalue weighted by Crippen LogP contribution is -1.97. The molecule has 0 aliphatic heterocycles. The predicted molar refractivity (Wildman–Crippen MR) is 78.0 cm³/mol. The van der Waals surface area contributed by atoms with Crippen LogP contribution in [-0.4, -0.2) is 0 Å². The first-order valence-corrected chi connectivity index (χ1v) is 7.01. The molecule has 94 valence electrons. The SMILES string of the molecule is Cc1cc(C(Br)Cc2ccccc2Cl)ccc1F. The van der Waals surface area contributed by atoms with Crippen molar-refractivity contribution in [3.63, 3.8) is 0 Å². The number of alkyl halides is 1. The lowest BCUT2D eigenvalue weighted by molar-refractivity contribution is 0.617. The summed E-state index contributed by atoms with van der Waals surface area (Å²) in [5.74, 6) is -0.170. The summed E-state index contributed by atoms with van der Waals surface area (Å²) < 4.78 is 13.2. The second-order valence-corrected chi connectivity index (χ2v) is 5.78. The van der Waals surface area contributed by atoms with Crippen LogP contribution in [0.3, 0.4) is 0 Å². The Hall–Kier alpha value is -0.860. The van der Waals surface area contributed by atoms with Crippen molar-refractivity contribution in [2.45, 2.75) is 18.2 Å². The number of benzene rings is 2. The van der Waals surface area contributed by atoms with Crippen molar-refractivity contribution in [3.8, 4) is 0 Å². The zero-order valence-electron chi connectivity index (χ0n) is 9.96. The van der Waals surface area contributed by atoms with E-state index in [0.29, 0.717) is 5.56 Å². The summed E-state index contributed by atoms with van der Waals surface area (Å²) in [7, 11) is 0. The van der Waals surface area contributed by atoms with Crippen molar-refractivity contribution in [2.24, 2.45) is 0 Å². The van der Waals surface area contributed by atoms with Gasteiger partial charge in [-0.25, -0.2) is 4.39 Å². The molecular weight excluding hydrogens is 315 g/mol. The van der Waals surface area contributed by atoms with Gasteiger partial charge in [0.1, 0.15) is 5.82 Å². The van der Waals surface area contributed by atoms with E-state index in [2.05, 4.69) is 15.9 Å². The summed E-state index contributed by atoms with van der Waals surface area (Å²) in [6, 6.07) is 12.9. The second-order valence-electron chi connectivity index (χ2n) is 4.27. The molecule has 0 N–H and O–H groups in total. The van der Waals surface area contributed by atoms with Crippen LogP contribution in [0.4, 0.5) is 4.39 Å². The summed E-state index contributed by atoms with van der Waals surface area (Å²) in [6.45, 7) is 1.77. The molecule has 0 amide bonds. The summed E-state index contributed by atoms with van der Waals surface area (Å²) in [6.07, 6.45) is 0.782. The molecule has 0 aliphatic rings. The van der Waals surface area contributed by atoms with Crippen LogP contribution in [0.25, 0.3) is 0 Å². The monoisotopic (exact) mass is 326 g/mol. The Morgan fingerprint density at radius 2 is 1.94 bits per heavy atom. The Bertz CT molecular complexity index is 554. The van der Waals surface area contributed by atoms with Gasteiger partial charge in [-0.1, -0.05) is 57.9 Å². The fraction of sp³-hybridized carbons (Fsp3) is 0.200. The van der Waals surface area contributed by atoms with E-state index in [1.165, 1.54) is 6.07 Å². The zero-order valence-corrected chi connectivity index (χ0v) is 12.3. The van der Waals surface area contributed by atoms with E-state index in [9.17, 15) is 4.39 Å². The molecule has 2 aromatic rings. The molecule has 0 bridgehead atoms. The van der Waals surface area contributed by atoms with E-state index in [4.69, 9.17) is 11.6 Å². The first kappa shape index (κ1) is 13.6. The molecule has 0 heterocycles. The third kappa shape index (κ3) is 3.12. The number of hydrogen-bond acceptors (Lipinski definition) is 0. The highest BCUT2D eigenvalue weighted by atomic mass is 79.9. The maximum atomic E-state index is 13.2. The Morgan fingerprint density at radius 1 is 1.22 bits per heavy atom. The molecule has 2 aromatic carbocycles. The molecule has 0 saturated carbocycles. The molecule has 0 radical (unpaired) electrons. The fourth-order valence-corrected chi connectivity index (χ4v) is 2.68. The van der Waals surface area contributed by atoms with Gasteiger partial charge in [0.15, 0.2) is 0 Å². The van der Waals surface area contributed by atoms with Gasteiger partial charge in [-0.2, -0.15) is 0 Å². The third-order valence-corrected chi connectivity index (χ3v) is 4.12. The van der Waals surface area contributed by atoms with Gasteiger partial charge in [-0.3, -0.25) is 0 Å². The van der Waals surface area contributed by atoms with Gasteiger partial charge in [-0.05, 0) is 42.2 Å². The van der Waals surface area contributed by atoms with Crippen LogP contribution >= 0.6 is 27.5 Å². The maximum Gasteiger partial charge on any atom is 0.126 e. The van der Waals surface area contributed by atoms with Crippen LogP contribution in [0.1, 0.15) is 21.5 Å². The minimum absolute atomic E-state index is 0.136. The Kier molecular flexibility index (Phi) is 4.41. The fourth-order valence-electron chi connectivity index (χ4n) is 1.84. The lowest BCUT2D eigenvalue weighted by atomic mass is 10.0. The van der Waals surface area contributed by atoms with Gasteiger partial charge < -0.3 is 0 Å². The van der Waals surface area contributed by atoms with E-state index in [1.54, 1.807) is 13.0 Å². The molecule has 1 atom stereocenters. The Morgan fingerprint density at radius 3 is 2.61 bits per heavy atom. The molecule has 0 nitrogen and oxygen atoms in total. The first-order chi connectivity index (χ1) is 8.58. The quantitative estimate of drug-likeness (QED) is 0.656.